The fourth-order valence-electron chi connectivity index (χ4n) is 2.05. The highest BCUT2D eigenvalue weighted by molar-refractivity contribution is 6.43. The molecule has 106 valence electrons. The standard InChI is InChI=1S/C16H13Cl2N3/c1-11-7-9-12(10-8-11)15-19-16(14(17)18)21(20-15)13-5-3-2-4-6-13/h2-10,14H,1H3. The highest BCUT2D eigenvalue weighted by atomic mass is 35.5. The van der Waals surface area contributed by atoms with E-state index < -0.39 is 4.84 Å². The molecule has 1 heterocycles. The van der Waals surface area contributed by atoms with Gasteiger partial charge < -0.3 is 0 Å². The lowest BCUT2D eigenvalue weighted by Gasteiger charge is -2.05. The number of hydrogen-bond donors (Lipinski definition) is 0. The zero-order valence-electron chi connectivity index (χ0n) is 11.4. The summed E-state index contributed by atoms with van der Waals surface area (Å²) in [5.74, 6) is 1.13. The Bertz CT molecular complexity index is 734. The molecule has 3 nitrogen and oxygen atoms in total. The minimum atomic E-state index is -0.739. The summed E-state index contributed by atoms with van der Waals surface area (Å²) in [6.07, 6.45) is 0. The minimum absolute atomic E-state index is 0.514. The quantitative estimate of drug-likeness (QED) is 0.654. The zero-order valence-corrected chi connectivity index (χ0v) is 12.9. The van der Waals surface area contributed by atoms with Crippen LogP contribution in [0.2, 0.25) is 0 Å². The molecule has 0 fully saturated rings. The Hall–Kier alpha value is -1.84. The first-order valence-corrected chi connectivity index (χ1v) is 7.40. The summed E-state index contributed by atoms with van der Waals surface area (Å²) in [5, 5.41) is 4.54. The largest absolute Gasteiger partial charge is 0.214 e. The molecular formula is C16H13Cl2N3. The van der Waals surface area contributed by atoms with Crippen molar-refractivity contribution in [1.29, 1.82) is 0 Å². The van der Waals surface area contributed by atoms with Crippen molar-refractivity contribution < 1.29 is 0 Å². The summed E-state index contributed by atoms with van der Waals surface area (Å²) in [7, 11) is 0. The molecule has 0 bridgehead atoms. The van der Waals surface area contributed by atoms with E-state index in [-0.39, 0.29) is 0 Å². The zero-order chi connectivity index (χ0) is 14.8. The van der Waals surface area contributed by atoms with Gasteiger partial charge in [-0.1, -0.05) is 71.2 Å². The maximum absolute atomic E-state index is 6.03. The number of alkyl halides is 2. The van der Waals surface area contributed by atoms with Gasteiger partial charge in [-0.15, -0.1) is 5.10 Å². The van der Waals surface area contributed by atoms with Gasteiger partial charge in [0.05, 0.1) is 5.69 Å². The van der Waals surface area contributed by atoms with Gasteiger partial charge in [-0.05, 0) is 19.1 Å². The van der Waals surface area contributed by atoms with Crippen LogP contribution in [0.1, 0.15) is 16.2 Å². The predicted molar refractivity (Wildman–Crippen MR) is 86.0 cm³/mol. The molecule has 3 aromatic rings. The number of hydrogen-bond acceptors (Lipinski definition) is 2. The molecular weight excluding hydrogens is 305 g/mol. The van der Waals surface area contributed by atoms with E-state index >= 15 is 0 Å². The number of rotatable bonds is 3. The van der Waals surface area contributed by atoms with Crippen LogP contribution < -0.4 is 0 Å². The van der Waals surface area contributed by atoms with Crippen LogP contribution >= 0.6 is 23.2 Å². The van der Waals surface area contributed by atoms with Crippen molar-refractivity contribution in [2.45, 2.75) is 11.8 Å². The second-order valence-corrected chi connectivity index (χ2v) is 5.80. The van der Waals surface area contributed by atoms with Crippen molar-refractivity contribution in [3.8, 4) is 17.1 Å². The highest BCUT2D eigenvalue weighted by Crippen LogP contribution is 2.28. The molecule has 0 aliphatic rings. The van der Waals surface area contributed by atoms with Crippen LogP contribution in [0.3, 0.4) is 0 Å². The molecule has 0 radical (unpaired) electrons. The van der Waals surface area contributed by atoms with Crippen molar-refractivity contribution in [3.05, 3.63) is 66.0 Å². The van der Waals surface area contributed by atoms with Crippen LogP contribution in [-0.2, 0) is 0 Å². The Morgan fingerprint density at radius 3 is 2.24 bits per heavy atom. The van der Waals surface area contributed by atoms with Crippen molar-refractivity contribution >= 4 is 23.2 Å². The first-order chi connectivity index (χ1) is 10.1. The summed E-state index contributed by atoms with van der Waals surface area (Å²) in [6.45, 7) is 2.04. The van der Waals surface area contributed by atoms with E-state index in [1.54, 1.807) is 4.68 Å². The third-order valence-electron chi connectivity index (χ3n) is 3.14. The molecule has 0 aliphatic carbocycles. The van der Waals surface area contributed by atoms with Gasteiger partial charge >= 0.3 is 0 Å². The Balaban J connectivity index is 2.11. The number of aromatic nitrogens is 3. The van der Waals surface area contributed by atoms with Gasteiger partial charge in [-0.3, -0.25) is 0 Å². The van der Waals surface area contributed by atoms with Crippen molar-refractivity contribution in [3.63, 3.8) is 0 Å². The monoisotopic (exact) mass is 317 g/mol. The topological polar surface area (TPSA) is 30.7 Å². The fraction of sp³-hybridized carbons (Fsp3) is 0.125. The first-order valence-electron chi connectivity index (χ1n) is 6.53. The van der Waals surface area contributed by atoms with Crippen molar-refractivity contribution in [2.75, 3.05) is 0 Å². The molecule has 0 aliphatic heterocycles. The Morgan fingerprint density at radius 2 is 1.62 bits per heavy atom. The average Bonchev–Trinajstić information content (AvgIpc) is 2.94. The molecule has 1 aromatic heterocycles. The molecule has 2 aromatic carbocycles. The van der Waals surface area contributed by atoms with Gasteiger partial charge in [-0.25, -0.2) is 9.67 Å². The molecule has 0 unspecified atom stereocenters. The second kappa shape index (κ2) is 5.88. The summed E-state index contributed by atoms with van der Waals surface area (Å²) in [4.78, 5) is 3.73. The molecule has 0 atom stereocenters. The third kappa shape index (κ3) is 2.94. The number of halogens is 2. The van der Waals surface area contributed by atoms with Crippen LogP contribution in [-0.4, -0.2) is 14.8 Å². The van der Waals surface area contributed by atoms with E-state index in [1.807, 2.05) is 61.5 Å². The van der Waals surface area contributed by atoms with E-state index in [4.69, 9.17) is 23.2 Å². The minimum Gasteiger partial charge on any atom is -0.214 e. The summed E-state index contributed by atoms with van der Waals surface area (Å²) in [5.41, 5.74) is 3.00. The van der Waals surface area contributed by atoms with Gasteiger partial charge in [-0.2, -0.15) is 0 Å². The van der Waals surface area contributed by atoms with Crippen LogP contribution in [0.5, 0.6) is 0 Å². The van der Waals surface area contributed by atoms with E-state index in [1.165, 1.54) is 5.56 Å². The van der Waals surface area contributed by atoms with Gasteiger partial charge in [0.1, 0.15) is 0 Å². The maximum Gasteiger partial charge on any atom is 0.181 e. The van der Waals surface area contributed by atoms with E-state index in [9.17, 15) is 0 Å². The van der Waals surface area contributed by atoms with Crippen LogP contribution in [0, 0.1) is 6.92 Å². The summed E-state index contributed by atoms with van der Waals surface area (Å²) >= 11 is 12.1. The highest BCUT2D eigenvalue weighted by Gasteiger charge is 2.18. The SMILES string of the molecule is Cc1ccc(-c2nc(C(Cl)Cl)n(-c3ccccc3)n2)cc1. The molecule has 0 saturated carbocycles. The van der Waals surface area contributed by atoms with Crippen LogP contribution in [0.4, 0.5) is 0 Å². The molecule has 5 heteroatoms. The van der Waals surface area contributed by atoms with Crippen LogP contribution in [0.15, 0.2) is 54.6 Å². The maximum atomic E-state index is 6.03. The summed E-state index contributed by atoms with van der Waals surface area (Å²) in [6, 6.07) is 17.7. The van der Waals surface area contributed by atoms with Crippen molar-refractivity contribution in [2.24, 2.45) is 0 Å². The van der Waals surface area contributed by atoms with Gasteiger partial charge in [0.2, 0.25) is 0 Å². The number of para-hydroxylation sites is 1. The van der Waals surface area contributed by atoms with Gasteiger partial charge in [0.25, 0.3) is 0 Å². The molecule has 0 amide bonds. The molecule has 21 heavy (non-hydrogen) atoms. The Labute approximate surface area is 133 Å². The number of benzene rings is 2. The normalized spacial score (nSPS) is 11.0. The average molecular weight is 318 g/mol. The second-order valence-electron chi connectivity index (χ2n) is 4.71. The fourth-order valence-corrected chi connectivity index (χ4v) is 2.33. The lowest BCUT2D eigenvalue weighted by atomic mass is 10.1. The van der Waals surface area contributed by atoms with Crippen LogP contribution in [0.25, 0.3) is 17.1 Å². The lowest BCUT2D eigenvalue weighted by molar-refractivity contribution is 0.827. The Morgan fingerprint density at radius 1 is 0.952 bits per heavy atom. The van der Waals surface area contributed by atoms with E-state index in [2.05, 4.69) is 10.1 Å². The van der Waals surface area contributed by atoms with Gasteiger partial charge in [0, 0.05) is 5.56 Å². The summed E-state index contributed by atoms with van der Waals surface area (Å²) < 4.78 is 1.68. The molecule has 0 saturated heterocycles. The smallest absolute Gasteiger partial charge is 0.181 e. The first kappa shape index (κ1) is 14.1. The number of nitrogens with zero attached hydrogens (tertiary/aromatic N) is 3. The molecule has 0 N–H and O–H groups in total. The molecule has 3 rings (SSSR count). The predicted octanol–water partition coefficient (Wildman–Crippen LogP) is 4.72. The van der Waals surface area contributed by atoms with E-state index in [0.717, 1.165) is 11.3 Å². The number of aryl methyl sites for hydroxylation is 1. The molecule has 0 spiro atoms. The third-order valence-corrected chi connectivity index (χ3v) is 3.53. The van der Waals surface area contributed by atoms with Gasteiger partial charge in [0.15, 0.2) is 16.5 Å². The lowest BCUT2D eigenvalue weighted by Crippen LogP contribution is -2.02. The van der Waals surface area contributed by atoms with Crippen molar-refractivity contribution in [1.82, 2.24) is 14.8 Å². The Kier molecular flexibility index (Phi) is 3.95. The van der Waals surface area contributed by atoms with E-state index in [0.29, 0.717) is 11.6 Å².